The molecule has 1 aliphatic heterocycles. The number of aromatic nitrogens is 3. The van der Waals surface area contributed by atoms with Gasteiger partial charge in [-0.05, 0) is 37.1 Å². The molecule has 1 aliphatic carbocycles. The molecule has 1 aromatic heterocycles. The number of allylic oxidation sites excluding steroid dienone is 1. The van der Waals surface area contributed by atoms with Gasteiger partial charge in [-0.2, -0.15) is 5.10 Å². The molecule has 1 aromatic carbocycles. The summed E-state index contributed by atoms with van der Waals surface area (Å²) in [6, 6.07) is 8.88. The van der Waals surface area contributed by atoms with E-state index in [-0.39, 0.29) is 11.7 Å². The number of H-pyrrole nitrogens is 1. The van der Waals surface area contributed by atoms with Crippen molar-refractivity contribution in [2.24, 2.45) is 0 Å². The normalized spacial score (nSPS) is 24.0. The number of rotatable bonds is 4. The number of nitrogens with one attached hydrogen (secondary N) is 1. The molecular formula is C19H25N5O2. The Kier molecular flexibility index (Phi) is 4.79. The van der Waals surface area contributed by atoms with Gasteiger partial charge in [0.05, 0.1) is 13.2 Å². The van der Waals surface area contributed by atoms with E-state index in [1.54, 1.807) is 18.0 Å². The summed E-state index contributed by atoms with van der Waals surface area (Å²) in [5.41, 5.74) is 1.12. The molecule has 1 fully saturated rings. The summed E-state index contributed by atoms with van der Waals surface area (Å²) >= 11 is 0. The van der Waals surface area contributed by atoms with E-state index in [0.29, 0.717) is 6.04 Å². The highest BCUT2D eigenvalue weighted by Gasteiger charge is 2.26. The SMILES string of the molecule is COc1ccc(N2CCN([C@H]3C=C[C@@H](n4cn[nH]c4=O)CC3)CC2)cc1. The summed E-state index contributed by atoms with van der Waals surface area (Å²) in [7, 11) is 1.69. The maximum atomic E-state index is 11.7. The smallest absolute Gasteiger partial charge is 0.343 e. The van der Waals surface area contributed by atoms with Crippen LogP contribution in [0.3, 0.4) is 0 Å². The summed E-state index contributed by atoms with van der Waals surface area (Å²) in [4.78, 5) is 16.7. The highest BCUT2D eigenvalue weighted by molar-refractivity contribution is 5.49. The van der Waals surface area contributed by atoms with Gasteiger partial charge in [-0.15, -0.1) is 0 Å². The van der Waals surface area contributed by atoms with Crippen molar-refractivity contribution in [3.63, 3.8) is 0 Å². The lowest BCUT2D eigenvalue weighted by Gasteiger charge is -2.40. The zero-order valence-electron chi connectivity index (χ0n) is 15.0. The van der Waals surface area contributed by atoms with Crippen LogP contribution in [0.1, 0.15) is 18.9 Å². The Balaban J connectivity index is 1.33. The Morgan fingerprint density at radius 3 is 2.31 bits per heavy atom. The number of aromatic amines is 1. The Morgan fingerprint density at radius 2 is 1.73 bits per heavy atom. The van der Waals surface area contributed by atoms with Gasteiger partial charge in [-0.1, -0.05) is 12.2 Å². The third-order valence-electron chi connectivity index (χ3n) is 5.47. The van der Waals surface area contributed by atoms with Crippen molar-refractivity contribution in [2.45, 2.75) is 24.9 Å². The van der Waals surface area contributed by atoms with Crippen LogP contribution in [0, 0.1) is 0 Å². The third kappa shape index (κ3) is 3.39. The first kappa shape index (κ1) is 16.9. The minimum absolute atomic E-state index is 0.123. The molecule has 2 heterocycles. The Hall–Kier alpha value is -2.54. The molecule has 2 aromatic rings. The van der Waals surface area contributed by atoms with Gasteiger partial charge in [-0.25, -0.2) is 9.89 Å². The number of ether oxygens (including phenoxy) is 1. The fourth-order valence-corrected chi connectivity index (χ4v) is 3.92. The van der Waals surface area contributed by atoms with E-state index in [9.17, 15) is 4.79 Å². The molecule has 0 saturated carbocycles. The summed E-state index contributed by atoms with van der Waals surface area (Å²) in [5.74, 6) is 0.894. The molecule has 7 heteroatoms. The van der Waals surface area contributed by atoms with Gasteiger partial charge in [0.2, 0.25) is 0 Å². The van der Waals surface area contributed by atoms with Crippen molar-refractivity contribution < 1.29 is 4.74 Å². The molecule has 4 rings (SSSR count). The summed E-state index contributed by atoms with van der Waals surface area (Å²) in [6.45, 7) is 4.16. The lowest BCUT2D eigenvalue weighted by Crippen LogP contribution is -2.50. The van der Waals surface area contributed by atoms with E-state index in [0.717, 1.165) is 44.8 Å². The Bertz CT molecular complexity index is 802. The average molecular weight is 355 g/mol. The first-order valence-electron chi connectivity index (χ1n) is 9.17. The van der Waals surface area contributed by atoms with Gasteiger partial charge in [-0.3, -0.25) is 9.47 Å². The Morgan fingerprint density at radius 1 is 1.04 bits per heavy atom. The van der Waals surface area contributed by atoms with Crippen LogP contribution >= 0.6 is 0 Å². The van der Waals surface area contributed by atoms with Gasteiger partial charge in [0.1, 0.15) is 12.1 Å². The maximum absolute atomic E-state index is 11.7. The fraction of sp³-hybridized carbons (Fsp3) is 0.474. The van der Waals surface area contributed by atoms with E-state index in [4.69, 9.17) is 4.74 Å². The predicted molar refractivity (Wildman–Crippen MR) is 101 cm³/mol. The molecule has 26 heavy (non-hydrogen) atoms. The summed E-state index contributed by atoms with van der Waals surface area (Å²) < 4.78 is 6.91. The second-order valence-corrected chi connectivity index (χ2v) is 6.89. The number of methoxy groups -OCH3 is 1. The van der Waals surface area contributed by atoms with Crippen LogP contribution < -0.4 is 15.3 Å². The standard InChI is InChI=1S/C19H25N5O2/c1-26-18-8-6-16(7-9-18)23-12-10-22(11-13-23)15-2-4-17(5-3-15)24-14-20-21-19(24)25/h2,4,6-9,14-15,17H,3,5,10-13H2,1H3,(H,21,25)/t15-,17+/m0/s1. The van der Waals surface area contributed by atoms with Crippen LogP contribution in [0.25, 0.3) is 0 Å². The first-order chi connectivity index (χ1) is 12.7. The third-order valence-corrected chi connectivity index (χ3v) is 5.47. The quantitative estimate of drug-likeness (QED) is 0.845. The first-order valence-corrected chi connectivity index (χ1v) is 9.17. The van der Waals surface area contributed by atoms with Crippen LogP contribution in [-0.2, 0) is 0 Å². The van der Waals surface area contributed by atoms with Gasteiger partial charge in [0, 0.05) is 37.9 Å². The second-order valence-electron chi connectivity index (χ2n) is 6.89. The van der Waals surface area contributed by atoms with Crippen LogP contribution in [0.2, 0.25) is 0 Å². The monoisotopic (exact) mass is 355 g/mol. The van der Waals surface area contributed by atoms with Crippen LogP contribution in [0.4, 0.5) is 5.69 Å². The molecule has 2 aliphatic rings. The summed E-state index contributed by atoms with van der Waals surface area (Å²) in [5, 5.41) is 6.29. The Labute approximate surface area is 152 Å². The number of anilines is 1. The molecule has 7 nitrogen and oxygen atoms in total. The number of hydrogen-bond acceptors (Lipinski definition) is 5. The van der Waals surface area contributed by atoms with Crippen molar-refractivity contribution in [3.05, 3.63) is 53.2 Å². The highest BCUT2D eigenvalue weighted by atomic mass is 16.5. The lowest BCUT2D eigenvalue weighted by atomic mass is 9.96. The van der Waals surface area contributed by atoms with Crippen molar-refractivity contribution in [1.29, 1.82) is 0 Å². The van der Waals surface area contributed by atoms with Crippen LogP contribution in [0.5, 0.6) is 5.75 Å². The van der Waals surface area contributed by atoms with Gasteiger partial charge >= 0.3 is 5.69 Å². The number of hydrogen-bond donors (Lipinski definition) is 1. The molecular weight excluding hydrogens is 330 g/mol. The largest absolute Gasteiger partial charge is 0.497 e. The number of benzene rings is 1. The number of nitrogens with zero attached hydrogens (tertiary/aromatic N) is 4. The second kappa shape index (κ2) is 7.37. The van der Waals surface area contributed by atoms with Gasteiger partial charge in [0.15, 0.2) is 0 Å². The molecule has 0 bridgehead atoms. The molecule has 0 spiro atoms. The predicted octanol–water partition coefficient (Wildman–Crippen LogP) is 1.66. The molecule has 2 atom stereocenters. The highest BCUT2D eigenvalue weighted by Crippen LogP contribution is 2.26. The van der Waals surface area contributed by atoms with Gasteiger partial charge < -0.3 is 9.64 Å². The van der Waals surface area contributed by atoms with Crippen LogP contribution in [0.15, 0.2) is 47.5 Å². The van der Waals surface area contributed by atoms with E-state index < -0.39 is 0 Å². The zero-order valence-corrected chi connectivity index (χ0v) is 15.0. The fourth-order valence-electron chi connectivity index (χ4n) is 3.92. The zero-order chi connectivity index (χ0) is 17.9. The molecule has 0 unspecified atom stereocenters. The van der Waals surface area contributed by atoms with Crippen molar-refractivity contribution in [1.82, 2.24) is 19.7 Å². The molecule has 0 amide bonds. The van der Waals surface area contributed by atoms with Crippen LogP contribution in [-0.4, -0.2) is 59.0 Å². The topological polar surface area (TPSA) is 66.4 Å². The molecule has 0 radical (unpaired) electrons. The lowest BCUT2D eigenvalue weighted by molar-refractivity contribution is 0.195. The van der Waals surface area contributed by atoms with E-state index in [1.807, 2.05) is 12.1 Å². The van der Waals surface area contributed by atoms with Gasteiger partial charge in [0.25, 0.3) is 0 Å². The molecule has 1 N–H and O–H groups in total. The minimum Gasteiger partial charge on any atom is -0.497 e. The van der Waals surface area contributed by atoms with Crippen molar-refractivity contribution in [3.8, 4) is 5.75 Å². The molecule has 138 valence electrons. The van der Waals surface area contributed by atoms with E-state index in [1.165, 1.54) is 5.69 Å². The minimum atomic E-state index is -0.133. The molecule has 1 saturated heterocycles. The number of piperazine rings is 1. The van der Waals surface area contributed by atoms with E-state index >= 15 is 0 Å². The van der Waals surface area contributed by atoms with Crippen molar-refractivity contribution >= 4 is 5.69 Å². The maximum Gasteiger partial charge on any atom is 0.343 e. The van der Waals surface area contributed by atoms with Crippen molar-refractivity contribution in [2.75, 3.05) is 38.2 Å². The average Bonchev–Trinajstić information content (AvgIpc) is 3.14. The summed E-state index contributed by atoms with van der Waals surface area (Å²) in [6.07, 6.45) is 8.05. The van der Waals surface area contributed by atoms with E-state index in [2.05, 4.69) is 44.3 Å².